The summed E-state index contributed by atoms with van der Waals surface area (Å²) in [6.07, 6.45) is -9.83. The highest BCUT2D eigenvalue weighted by atomic mass is 79.9. The number of ketones is 1. The molecule has 106 valence electrons. The lowest BCUT2D eigenvalue weighted by atomic mass is 10.0. The average molecular weight is 349 g/mol. The van der Waals surface area contributed by atoms with E-state index in [0.29, 0.717) is 12.1 Å². The van der Waals surface area contributed by atoms with Crippen molar-refractivity contribution in [3.63, 3.8) is 0 Å². The zero-order valence-electron chi connectivity index (χ0n) is 9.36. The summed E-state index contributed by atoms with van der Waals surface area (Å²) in [5.41, 5.74) is -3.26. The summed E-state index contributed by atoms with van der Waals surface area (Å²) >= 11 is 2.77. The van der Waals surface area contributed by atoms with E-state index in [4.69, 9.17) is 0 Å². The second kappa shape index (κ2) is 5.15. The van der Waals surface area contributed by atoms with E-state index < -0.39 is 34.1 Å². The van der Waals surface area contributed by atoms with Crippen LogP contribution in [0.25, 0.3) is 0 Å². The van der Waals surface area contributed by atoms with Crippen LogP contribution in [0.4, 0.5) is 26.3 Å². The smallest absolute Gasteiger partial charge is 0.298 e. The summed E-state index contributed by atoms with van der Waals surface area (Å²) in [4.78, 5) is 9.84. The quantitative estimate of drug-likeness (QED) is 0.556. The monoisotopic (exact) mass is 348 g/mol. The number of carbonyl (C=O) groups is 1. The van der Waals surface area contributed by atoms with Gasteiger partial charge in [-0.2, -0.15) is 26.3 Å². The van der Waals surface area contributed by atoms with E-state index in [1.807, 2.05) is 0 Å². The Bertz CT molecular complexity index is 459. The fourth-order valence-electron chi connectivity index (χ4n) is 1.36. The average Bonchev–Trinajstić information content (AvgIpc) is 2.24. The van der Waals surface area contributed by atoms with Crippen LogP contribution in [0.15, 0.2) is 18.2 Å². The van der Waals surface area contributed by atoms with Crippen molar-refractivity contribution in [1.29, 1.82) is 0 Å². The van der Waals surface area contributed by atoms with Gasteiger partial charge in [-0.3, -0.25) is 4.79 Å². The van der Waals surface area contributed by atoms with E-state index in [1.165, 1.54) is 0 Å². The van der Waals surface area contributed by atoms with Gasteiger partial charge in [-0.25, -0.2) is 0 Å². The number of Topliss-reactive ketones (excluding diaryl/α,β-unsaturated/α-hetero) is 1. The SMILES string of the molecule is CC(=O)C(Br)c1cc(C(F)(F)F)cc(C(F)(F)F)c1. The molecule has 8 heteroatoms. The molecular weight excluding hydrogens is 342 g/mol. The van der Waals surface area contributed by atoms with Crippen LogP contribution >= 0.6 is 15.9 Å². The number of halogens is 7. The molecule has 0 amide bonds. The summed E-state index contributed by atoms with van der Waals surface area (Å²) in [7, 11) is 0. The fourth-order valence-corrected chi connectivity index (χ4v) is 1.62. The maximum Gasteiger partial charge on any atom is 0.416 e. The third-order valence-electron chi connectivity index (χ3n) is 2.26. The zero-order valence-corrected chi connectivity index (χ0v) is 10.9. The molecule has 0 N–H and O–H groups in total. The number of carbonyl (C=O) groups excluding carboxylic acids is 1. The normalized spacial score (nSPS) is 14.3. The number of hydrogen-bond acceptors (Lipinski definition) is 1. The van der Waals surface area contributed by atoms with Crippen molar-refractivity contribution >= 4 is 21.7 Å². The van der Waals surface area contributed by atoms with Gasteiger partial charge in [0.2, 0.25) is 0 Å². The first-order valence-corrected chi connectivity index (χ1v) is 5.78. The first kappa shape index (κ1) is 16.0. The number of hydrogen-bond donors (Lipinski definition) is 0. The van der Waals surface area contributed by atoms with Crippen LogP contribution in [0.1, 0.15) is 28.4 Å². The number of rotatable bonds is 2. The van der Waals surface area contributed by atoms with Gasteiger partial charge < -0.3 is 0 Å². The van der Waals surface area contributed by atoms with Crippen LogP contribution in [-0.4, -0.2) is 5.78 Å². The number of benzene rings is 1. The molecule has 0 aliphatic rings. The Kier molecular flexibility index (Phi) is 4.33. The molecule has 0 saturated heterocycles. The summed E-state index contributed by atoms with van der Waals surface area (Å²) < 4.78 is 75.2. The second-order valence-corrected chi connectivity index (χ2v) is 4.73. The zero-order chi connectivity index (χ0) is 15.0. The Balaban J connectivity index is 3.45. The van der Waals surface area contributed by atoms with Crippen LogP contribution in [0.3, 0.4) is 0 Å². The van der Waals surface area contributed by atoms with Crippen molar-refractivity contribution in [1.82, 2.24) is 0 Å². The van der Waals surface area contributed by atoms with Gasteiger partial charge in [-0.05, 0) is 30.7 Å². The third kappa shape index (κ3) is 3.95. The molecule has 0 aliphatic heterocycles. The molecular formula is C11H7BrF6O. The van der Waals surface area contributed by atoms with Gasteiger partial charge in [0.1, 0.15) is 5.78 Å². The Morgan fingerprint density at radius 2 is 1.37 bits per heavy atom. The van der Waals surface area contributed by atoms with E-state index in [0.717, 1.165) is 6.92 Å². The maximum absolute atomic E-state index is 12.5. The summed E-state index contributed by atoms with van der Waals surface area (Å²) in [5, 5.41) is 0. The lowest BCUT2D eigenvalue weighted by molar-refractivity contribution is -0.143. The van der Waals surface area contributed by atoms with Crippen LogP contribution in [-0.2, 0) is 17.1 Å². The molecule has 1 nitrogen and oxygen atoms in total. The van der Waals surface area contributed by atoms with Crippen LogP contribution in [0, 0.1) is 0 Å². The first-order chi connectivity index (χ1) is 8.43. The third-order valence-corrected chi connectivity index (χ3v) is 3.43. The predicted octanol–water partition coefficient (Wildman–Crippen LogP) is 4.75. The maximum atomic E-state index is 12.5. The van der Waals surface area contributed by atoms with Gasteiger partial charge in [0, 0.05) is 0 Å². The lowest BCUT2D eigenvalue weighted by Crippen LogP contribution is -2.13. The van der Waals surface area contributed by atoms with Crippen LogP contribution in [0.2, 0.25) is 0 Å². The molecule has 0 saturated carbocycles. The van der Waals surface area contributed by atoms with Gasteiger partial charge >= 0.3 is 12.4 Å². The van der Waals surface area contributed by atoms with Crippen molar-refractivity contribution in [2.75, 3.05) is 0 Å². The second-order valence-electron chi connectivity index (χ2n) is 3.81. The molecule has 1 atom stereocenters. The van der Waals surface area contributed by atoms with Gasteiger partial charge in [0.15, 0.2) is 0 Å². The van der Waals surface area contributed by atoms with Crippen molar-refractivity contribution in [3.05, 3.63) is 34.9 Å². The molecule has 0 heterocycles. The highest BCUT2D eigenvalue weighted by Gasteiger charge is 2.37. The lowest BCUT2D eigenvalue weighted by Gasteiger charge is -2.15. The molecule has 0 spiro atoms. The van der Waals surface area contributed by atoms with Gasteiger partial charge in [-0.15, -0.1) is 0 Å². The van der Waals surface area contributed by atoms with Gasteiger partial charge in [0.25, 0.3) is 0 Å². The molecule has 1 unspecified atom stereocenters. The predicted molar refractivity (Wildman–Crippen MR) is 58.8 cm³/mol. The first-order valence-electron chi connectivity index (χ1n) is 4.87. The summed E-state index contributed by atoms with van der Waals surface area (Å²) in [6.45, 7) is 1.06. The molecule has 19 heavy (non-hydrogen) atoms. The van der Waals surface area contributed by atoms with Crippen molar-refractivity contribution < 1.29 is 31.1 Å². The molecule has 0 aromatic heterocycles. The van der Waals surface area contributed by atoms with E-state index in [9.17, 15) is 31.1 Å². The van der Waals surface area contributed by atoms with E-state index in [2.05, 4.69) is 15.9 Å². The van der Waals surface area contributed by atoms with E-state index in [-0.39, 0.29) is 11.6 Å². The molecule has 0 radical (unpaired) electrons. The Morgan fingerprint density at radius 3 is 1.63 bits per heavy atom. The standard InChI is InChI=1S/C11H7BrF6O/c1-5(19)9(12)6-2-7(10(13,14)15)4-8(3-6)11(16,17)18/h2-4,9H,1H3. The number of alkyl halides is 7. The highest BCUT2D eigenvalue weighted by Crippen LogP contribution is 2.38. The van der Waals surface area contributed by atoms with Crippen LogP contribution in [0.5, 0.6) is 0 Å². The molecule has 0 aliphatic carbocycles. The van der Waals surface area contributed by atoms with Crippen molar-refractivity contribution in [3.8, 4) is 0 Å². The Hall–Kier alpha value is -1.05. The Morgan fingerprint density at radius 1 is 1.00 bits per heavy atom. The minimum absolute atomic E-state index is 0.0172. The van der Waals surface area contributed by atoms with Crippen molar-refractivity contribution in [2.24, 2.45) is 0 Å². The molecule has 0 bridgehead atoms. The molecule has 1 rings (SSSR count). The van der Waals surface area contributed by atoms with E-state index >= 15 is 0 Å². The van der Waals surface area contributed by atoms with E-state index in [1.54, 1.807) is 0 Å². The van der Waals surface area contributed by atoms with Crippen molar-refractivity contribution in [2.45, 2.75) is 24.1 Å². The fraction of sp³-hybridized carbons (Fsp3) is 0.364. The molecule has 1 aromatic rings. The Labute approximate surface area is 112 Å². The van der Waals surface area contributed by atoms with Gasteiger partial charge in [-0.1, -0.05) is 15.9 Å². The highest BCUT2D eigenvalue weighted by molar-refractivity contribution is 9.09. The molecule has 0 fully saturated rings. The minimum Gasteiger partial charge on any atom is -0.298 e. The largest absolute Gasteiger partial charge is 0.416 e. The minimum atomic E-state index is -4.92. The van der Waals surface area contributed by atoms with Gasteiger partial charge in [0.05, 0.1) is 16.0 Å². The molecule has 1 aromatic carbocycles. The summed E-state index contributed by atoms with van der Waals surface area (Å²) in [5.74, 6) is -0.590. The summed E-state index contributed by atoms with van der Waals surface area (Å²) in [6, 6.07) is 1.06. The topological polar surface area (TPSA) is 17.1 Å². The van der Waals surface area contributed by atoms with Crippen LogP contribution < -0.4 is 0 Å².